The summed E-state index contributed by atoms with van der Waals surface area (Å²) in [7, 11) is 0. The third-order valence-electron chi connectivity index (χ3n) is 2.46. The highest BCUT2D eigenvalue weighted by atomic mass is 79.9. The van der Waals surface area contributed by atoms with Gasteiger partial charge in [0, 0.05) is 11.0 Å². The van der Waals surface area contributed by atoms with Crippen LogP contribution in [-0.2, 0) is 6.54 Å². The summed E-state index contributed by atoms with van der Waals surface area (Å²) < 4.78 is 26.6. The van der Waals surface area contributed by atoms with Gasteiger partial charge in [0.15, 0.2) is 0 Å². The molecule has 2 aromatic rings. The van der Waals surface area contributed by atoms with Crippen LogP contribution in [0.3, 0.4) is 0 Å². The van der Waals surface area contributed by atoms with E-state index in [1.807, 2.05) is 0 Å². The van der Waals surface area contributed by atoms with Crippen LogP contribution in [0.15, 0.2) is 34.8 Å². The quantitative estimate of drug-likeness (QED) is 0.740. The largest absolute Gasteiger partial charge is 0.379 e. The van der Waals surface area contributed by atoms with Gasteiger partial charge in [-0.3, -0.25) is 0 Å². The van der Waals surface area contributed by atoms with Gasteiger partial charge in [0.2, 0.25) is 0 Å². The summed E-state index contributed by atoms with van der Waals surface area (Å²) >= 11 is 14.9. The zero-order valence-electron chi connectivity index (χ0n) is 9.48. The lowest BCUT2D eigenvalue weighted by Gasteiger charge is -2.11. The predicted molar refractivity (Wildman–Crippen MR) is 77.8 cm³/mol. The Morgan fingerprint density at radius 1 is 1.05 bits per heavy atom. The summed E-state index contributed by atoms with van der Waals surface area (Å²) in [4.78, 5) is 0. The van der Waals surface area contributed by atoms with Crippen molar-refractivity contribution in [1.82, 2.24) is 0 Å². The van der Waals surface area contributed by atoms with E-state index in [4.69, 9.17) is 23.2 Å². The standard InChI is InChI=1S/C13H8BrCl2F2N/c14-9-4-8(17)5-11(16)13(9)19-6-7-1-2-12(18)10(15)3-7/h1-5,19H,6H2. The Bertz CT molecular complexity index is 597. The Balaban J connectivity index is 2.16. The van der Waals surface area contributed by atoms with Gasteiger partial charge in [0.1, 0.15) is 11.6 Å². The summed E-state index contributed by atoms with van der Waals surface area (Å²) in [5.41, 5.74) is 1.36. The van der Waals surface area contributed by atoms with Gasteiger partial charge in [-0.2, -0.15) is 0 Å². The molecule has 2 rings (SSSR count). The average Bonchev–Trinajstić information content (AvgIpc) is 2.32. The molecule has 0 spiro atoms. The van der Waals surface area contributed by atoms with Crippen molar-refractivity contribution in [1.29, 1.82) is 0 Å². The van der Waals surface area contributed by atoms with Crippen LogP contribution in [0.25, 0.3) is 0 Å². The van der Waals surface area contributed by atoms with Gasteiger partial charge in [0.05, 0.1) is 15.7 Å². The zero-order chi connectivity index (χ0) is 14.0. The summed E-state index contributed by atoms with van der Waals surface area (Å²) in [6.07, 6.45) is 0. The zero-order valence-corrected chi connectivity index (χ0v) is 12.6. The fourth-order valence-corrected chi connectivity index (χ4v) is 2.71. The fraction of sp³-hybridized carbons (Fsp3) is 0.0769. The summed E-state index contributed by atoms with van der Waals surface area (Å²) in [5, 5.41) is 3.37. The minimum Gasteiger partial charge on any atom is -0.379 e. The van der Waals surface area contributed by atoms with Crippen LogP contribution in [0.5, 0.6) is 0 Å². The van der Waals surface area contributed by atoms with E-state index in [-0.39, 0.29) is 10.0 Å². The Morgan fingerprint density at radius 3 is 2.42 bits per heavy atom. The van der Waals surface area contributed by atoms with E-state index in [2.05, 4.69) is 21.2 Å². The molecule has 0 atom stereocenters. The van der Waals surface area contributed by atoms with Crippen LogP contribution in [0.2, 0.25) is 10.0 Å². The normalized spacial score (nSPS) is 10.6. The molecule has 1 N–H and O–H groups in total. The Kier molecular flexibility index (Phi) is 4.66. The van der Waals surface area contributed by atoms with E-state index >= 15 is 0 Å². The lowest BCUT2D eigenvalue weighted by Crippen LogP contribution is -2.01. The van der Waals surface area contributed by atoms with Crippen molar-refractivity contribution in [2.24, 2.45) is 0 Å². The molecule has 0 aliphatic heterocycles. The molecule has 0 unspecified atom stereocenters. The van der Waals surface area contributed by atoms with E-state index in [0.717, 1.165) is 5.56 Å². The molecule has 0 heterocycles. The molecular formula is C13H8BrCl2F2N. The van der Waals surface area contributed by atoms with Crippen molar-refractivity contribution in [3.8, 4) is 0 Å². The molecule has 0 aliphatic carbocycles. The molecule has 19 heavy (non-hydrogen) atoms. The van der Waals surface area contributed by atoms with Gasteiger partial charge < -0.3 is 5.32 Å². The Morgan fingerprint density at radius 2 is 1.79 bits per heavy atom. The number of hydrogen-bond donors (Lipinski definition) is 1. The second-order valence-electron chi connectivity index (χ2n) is 3.85. The highest BCUT2D eigenvalue weighted by molar-refractivity contribution is 9.10. The second kappa shape index (κ2) is 6.07. The third kappa shape index (κ3) is 3.59. The topological polar surface area (TPSA) is 12.0 Å². The minimum atomic E-state index is -0.466. The lowest BCUT2D eigenvalue weighted by atomic mass is 10.2. The first-order valence-electron chi connectivity index (χ1n) is 5.29. The number of anilines is 1. The average molecular weight is 367 g/mol. The molecule has 0 saturated carbocycles. The van der Waals surface area contributed by atoms with Crippen LogP contribution in [-0.4, -0.2) is 0 Å². The van der Waals surface area contributed by atoms with Gasteiger partial charge in [-0.1, -0.05) is 29.3 Å². The van der Waals surface area contributed by atoms with E-state index in [0.29, 0.717) is 16.7 Å². The molecule has 100 valence electrons. The van der Waals surface area contributed by atoms with E-state index < -0.39 is 11.6 Å². The highest BCUT2D eigenvalue weighted by Crippen LogP contribution is 2.32. The van der Waals surface area contributed by atoms with Crippen LogP contribution < -0.4 is 5.32 Å². The molecule has 0 aromatic heterocycles. The van der Waals surface area contributed by atoms with E-state index in [1.54, 1.807) is 6.07 Å². The van der Waals surface area contributed by atoms with Gasteiger partial charge in [-0.25, -0.2) is 8.78 Å². The first kappa shape index (κ1) is 14.6. The van der Waals surface area contributed by atoms with Crippen molar-refractivity contribution >= 4 is 44.8 Å². The molecule has 0 aliphatic rings. The maximum atomic E-state index is 13.1. The highest BCUT2D eigenvalue weighted by Gasteiger charge is 2.08. The first-order valence-corrected chi connectivity index (χ1v) is 6.84. The van der Waals surface area contributed by atoms with Crippen molar-refractivity contribution in [2.75, 3.05) is 5.32 Å². The van der Waals surface area contributed by atoms with E-state index in [9.17, 15) is 8.78 Å². The van der Waals surface area contributed by atoms with Crippen LogP contribution in [0.1, 0.15) is 5.56 Å². The number of benzene rings is 2. The van der Waals surface area contributed by atoms with Crippen molar-refractivity contribution < 1.29 is 8.78 Å². The van der Waals surface area contributed by atoms with Crippen LogP contribution >= 0.6 is 39.1 Å². The number of rotatable bonds is 3. The summed E-state index contributed by atoms with van der Waals surface area (Å²) in [6.45, 7) is 0.393. The van der Waals surface area contributed by atoms with Crippen LogP contribution in [0.4, 0.5) is 14.5 Å². The number of nitrogens with one attached hydrogen (secondary N) is 1. The van der Waals surface area contributed by atoms with Gasteiger partial charge in [-0.05, 0) is 45.8 Å². The predicted octanol–water partition coefficient (Wildman–Crippen LogP) is 5.65. The molecule has 6 heteroatoms. The Labute approximate surface area is 127 Å². The van der Waals surface area contributed by atoms with Crippen molar-refractivity contribution in [3.05, 3.63) is 62.0 Å². The first-order chi connectivity index (χ1) is 8.97. The maximum Gasteiger partial charge on any atom is 0.141 e. The fourth-order valence-electron chi connectivity index (χ4n) is 1.55. The van der Waals surface area contributed by atoms with Crippen LogP contribution in [0, 0.1) is 11.6 Å². The second-order valence-corrected chi connectivity index (χ2v) is 5.52. The monoisotopic (exact) mass is 365 g/mol. The molecule has 2 aromatic carbocycles. The summed E-state index contributed by atoms with van der Waals surface area (Å²) in [5.74, 6) is -0.890. The van der Waals surface area contributed by atoms with Gasteiger partial charge in [0.25, 0.3) is 0 Å². The number of halogens is 5. The Hall–Kier alpha value is -0.840. The molecule has 1 nitrogen and oxygen atoms in total. The molecule has 0 radical (unpaired) electrons. The smallest absolute Gasteiger partial charge is 0.141 e. The third-order valence-corrected chi connectivity index (χ3v) is 3.67. The van der Waals surface area contributed by atoms with Gasteiger partial charge in [-0.15, -0.1) is 0 Å². The number of hydrogen-bond acceptors (Lipinski definition) is 1. The molecule has 0 bridgehead atoms. The SMILES string of the molecule is Fc1cc(Cl)c(NCc2ccc(F)c(Cl)c2)c(Br)c1. The molecule has 0 fully saturated rings. The lowest BCUT2D eigenvalue weighted by molar-refractivity contribution is 0.626. The molecular weight excluding hydrogens is 359 g/mol. The van der Waals surface area contributed by atoms with Crippen molar-refractivity contribution in [3.63, 3.8) is 0 Å². The molecule has 0 amide bonds. The van der Waals surface area contributed by atoms with Crippen molar-refractivity contribution in [2.45, 2.75) is 6.54 Å². The summed E-state index contributed by atoms with van der Waals surface area (Å²) in [6, 6.07) is 6.95. The van der Waals surface area contributed by atoms with E-state index in [1.165, 1.54) is 24.3 Å². The van der Waals surface area contributed by atoms with Gasteiger partial charge >= 0.3 is 0 Å². The maximum absolute atomic E-state index is 13.1. The molecule has 0 saturated heterocycles. The minimum absolute atomic E-state index is 0.0589.